The van der Waals surface area contributed by atoms with Crippen LogP contribution >= 0.6 is 0 Å². The largest absolute Gasteiger partial charge is 0.467 e. The molecule has 2 unspecified atom stereocenters. The summed E-state index contributed by atoms with van der Waals surface area (Å²) >= 11 is 0. The second kappa shape index (κ2) is 8.09. The molecule has 2 aliphatic rings. The van der Waals surface area contributed by atoms with Gasteiger partial charge in [0.15, 0.2) is 5.54 Å². The summed E-state index contributed by atoms with van der Waals surface area (Å²) in [6, 6.07) is 12.4. The lowest BCUT2D eigenvalue weighted by Gasteiger charge is -2.36. The Labute approximate surface area is 189 Å². The van der Waals surface area contributed by atoms with Gasteiger partial charge in [-0.1, -0.05) is 24.3 Å². The highest BCUT2D eigenvalue weighted by molar-refractivity contribution is 6.15. The summed E-state index contributed by atoms with van der Waals surface area (Å²) in [6.45, 7) is 0. The van der Waals surface area contributed by atoms with Crippen molar-refractivity contribution in [3.05, 3.63) is 76.4 Å². The minimum atomic E-state index is -1.79. The average Bonchev–Trinajstić information content (AvgIpc) is 3.34. The van der Waals surface area contributed by atoms with Crippen LogP contribution in [0.25, 0.3) is 0 Å². The van der Waals surface area contributed by atoms with Crippen LogP contribution in [0.2, 0.25) is 0 Å². The topological polar surface area (TPSA) is 108 Å². The van der Waals surface area contributed by atoms with Crippen LogP contribution in [-0.4, -0.2) is 52.3 Å². The van der Waals surface area contributed by atoms with Crippen molar-refractivity contribution < 1.29 is 38.1 Å². The number of nitrogens with zero attached hydrogens (tertiary/aromatic N) is 1. The first-order valence-corrected chi connectivity index (χ1v) is 9.95. The first-order valence-electron chi connectivity index (χ1n) is 9.95. The number of hydrogen-bond acceptors (Lipinski definition) is 9. The van der Waals surface area contributed by atoms with Crippen LogP contribution in [0.3, 0.4) is 0 Å². The summed E-state index contributed by atoms with van der Waals surface area (Å²) < 4.78 is 19.9. The molecule has 2 aliphatic heterocycles. The van der Waals surface area contributed by atoms with E-state index >= 15 is 0 Å². The normalized spacial score (nSPS) is 20.2. The second-order valence-electron chi connectivity index (χ2n) is 7.37. The summed E-state index contributed by atoms with van der Waals surface area (Å²) in [5.41, 5.74) is -0.0597. The van der Waals surface area contributed by atoms with Crippen LogP contribution in [-0.2, 0) is 38.9 Å². The Bertz CT molecular complexity index is 1200. The molecule has 170 valence electrons. The van der Waals surface area contributed by atoms with Crippen molar-refractivity contribution in [1.29, 1.82) is 0 Å². The molecule has 2 aromatic rings. The van der Waals surface area contributed by atoms with Crippen molar-refractivity contribution in [2.45, 2.75) is 11.6 Å². The van der Waals surface area contributed by atoms with E-state index in [0.29, 0.717) is 22.4 Å². The Hall–Kier alpha value is -4.14. The van der Waals surface area contributed by atoms with Crippen LogP contribution in [0.4, 0.5) is 5.69 Å². The van der Waals surface area contributed by atoms with Crippen molar-refractivity contribution in [3.63, 3.8) is 0 Å². The zero-order valence-corrected chi connectivity index (χ0v) is 18.4. The van der Waals surface area contributed by atoms with Crippen molar-refractivity contribution >= 4 is 29.6 Å². The number of carbonyl (C=O) groups is 4. The summed E-state index contributed by atoms with van der Waals surface area (Å²) in [4.78, 5) is 53.0. The Balaban J connectivity index is 2.05. The zero-order valence-electron chi connectivity index (χ0n) is 18.4. The number of hydrogen-bond donors (Lipinski definition) is 0. The van der Waals surface area contributed by atoms with E-state index in [2.05, 4.69) is 0 Å². The summed E-state index contributed by atoms with van der Waals surface area (Å²) in [5.74, 6) is -2.92. The number of ether oxygens (including phenoxy) is 4. The van der Waals surface area contributed by atoms with Gasteiger partial charge in [0.05, 0.1) is 51.2 Å². The molecule has 9 heteroatoms. The number of esters is 4. The van der Waals surface area contributed by atoms with E-state index in [4.69, 9.17) is 18.9 Å². The van der Waals surface area contributed by atoms with Gasteiger partial charge in [0.1, 0.15) is 0 Å². The first kappa shape index (κ1) is 22.1. The molecule has 0 fully saturated rings. The Kier molecular flexibility index (Phi) is 5.41. The minimum absolute atomic E-state index is 0.00880. The predicted octanol–water partition coefficient (Wildman–Crippen LogP) is 2.06. The molecule has 33 heavy (non-hydrogen) atoms. The molecule has 0 saturated carbocycles. The van der Waals surface area contributed by atoms with Gasteiger partial charge >= 0.3 is 23.9 Å². The third-order valence-electron chi connectivity index (χ3n) is 6.01. The fourth-order valence-corrected chi connectivity index (χ4v) is 4.76. The smallest absolute Gasteiger partial charge is 0.341 e. The van der Waals surface area contributed by atoms with Gasteiger partial charge in [-0.3, -0.25) is 0 Å². The lowest BCUT2D eigenvalue weighted by atomic mass is 9.76. The van der Waals surface area contributed by atoms with Gasteiger partial charge in [0.2, 0.25) is 0 Å². The van der Waals surface area contributed by atoms with Crippen molar-refractivity contribution in [2.24, 2.45) is 0 Å². The highest BCUT2D eigenvalue weighted by atomic mass is 16.5. The molecule has 2 bridgehead atoms. The van der Waals surface area contributed by atoms with E-state index in [1.54, 1.807) is 41.3 Å². The molecule has 2 aromatic carbocycles. The molecule has 0 radical (unpaired) electrons. The quantitative estimate of drug-likeness (QED) is 0.498. The van der Waals surface area contributed by atoms with Gasteiger partial charge in [-0.05, 0) is 35.4 Å². The SMILES string of the molecule is COC(=O)C1=C(C(=O)OC)C2(C(=O)OC)c3ccccc3C1N2c1ccc(C(=O)OC)cc1. The molecule has 0 aliphatic carbocycles. The second-order valence-corrected chi connectivity index (χ2v) is 7.37. The van der Waals surface area contributed by atoms with Crippen LogP contribution in [0.15, 0.2) is 59.7 Å². The van der Waals surface area contributed by atoms with Crippen molar-refractivity contribution in [2.75, 3.05) is 33.3 Å². The Morgan fingerprint density at radius 3 is 1.94 bits per heavy atom. The first-order chi connectivity index (χ1) is 15.9. The van der Waals surface area contributed by atoms with Gasteiger partial charge in [-0.2, -0.15) is 0 Å². The number of rotatable bonds is 5. The van der Waals surface area contributed by atoms with Crippen LogP contribution < -0.4 is 4.90 Å². The molecule has 0 saturated heterocycles. The number of carbonyl (C=O) groups excluding carboxylic acids is 4. The number of methoxy groups -OCH3 is 4. The Morgan fingerprint density at radius 2 is 1.36 bits per heavy atom. The van der Waals surface area contributed by atoms with E-state index in [1.807, 2.05) is 0 Å². The van der Waals surface area contributed by atoms with Crippen LogP contribution in [0, 0.1) is 0 Å². The molecule has 2 heterocycles. The highest BCUT2D eigenvalue weighted by Crippen LogP contribution is 2.62. The van der Waals surface area contributed by atoms with Gasteiger partial charge in [-0.15, -0.1) is 0 Å². The van der Waals surface area contributed by atoms with Crippen molar-refractivity contribution in [1.82, 2.24) is 0 Å². The summed E-state index contributed by atoms with van der Waals surface area (Å²) in [7, 11) is 4.84. The highest BCUT2D eigenvalue weighted by Gasteiger charge is 2.68. The summed E-state index contributed by atoms with van der Waals surface area (Å²) in [6.07, 6.45) is 0. The van der Waals surface area contributed by atoms with Gasteiger partial charge in [0, 0.05) is 5.69 Å². The molecular weight excluding hydrogens is 430 g/mol. The molecule has 0 amide bonds. The Morgan fingerprint density at radius 1 is 0.758 bits per heavy atom. The standard InChI is InChI=1S/C24H21NO8/c1-30-20(26)13-9-11-14(12-10-13)25-19-15-7-5-6-8-16(15)24(25,23(29)33-4)18(22(28)32-3)17(19)21(27)31-2/h5-12,19H,1-4H3. The summed E-state index contributed by atoms with van der Waals surface area (Å²) in [5, 5.41) is 0. The molecule has 0 N–H and O–H groups in total. The fourth-order valence-electron chi connectivity index (χ4n) is 4.76. The fraction of sp³-hybridized carbons (Fsp3) is 0.250. The zero-order chi connectivity index (χ0) is 23.9. The average molecular weight is 451 g/mol. The molecule has 2 atom stereocenters. The van der Waals surface area contributed by atoms with E-state index in [0.717, 1.165) is 0 Å². The molecular formula is C24H21NO8. The van der Waals surface area contributed by atoms with Crippen LogP contribution in [0.5, 0.6) is 0 Å². The molecule has 0 aromatic heterocycles. The van der Waals surface area contributed by atoms with E-state index in [-0.39, 0.29) is 11.1 Å². The number of fused-ring (bicyclic) bond motifs is 5. The van der Waals surface area contributed by atoms with Crippen LogP contribution in [0.1, 0.15) is 27.5 Å². The third-order valence-corrected chi connectivity index (χ3v) is 6.01. The monoisotopic (exact) mass is 451 g/mol. The van der Waals surface area contributed by atoms with E-state index in [1.165, 1.54) is 40.6 Å². The number of benzene rings is 2. The van der Waals surface area contributed by atoms with Gasteiger partial charge < -0.3 is 23.8 Å². The van der Waals surface area contributed by atoms with Crippen molar-refractivity contribution in [3.8, 4) is 0 Å². The molecule has 9 nitrogen and oxygen atoms in total. The predicted molar refractivity (Wildman–Crippen MR) is 114 cm³/mol. The lowest BCUT2D eigenvalue weighted by Crippen LogP contribution is -2.50. The van der Waals surface area contributed by atoms with Gasteiger partial charge in [0.25, 0.3) is 0 Å². The lowest BCUT2D eigenvalue weighted by molar-refractivity contribution is -0.149. The van der Waals surface area contributed by atoms with E-state index < -0.39 is 35.5 Å². The molecule has 0 spiro atoms. The third kappa shape index (κ3) is 2.85. The maximum atomic E-state index is 13.5. The maximum absolute atomic E-state index is 13.5. The van der Waals surface area contributed by atoms with E-state index in [9.17, 15) is 19.2 Å². The molecule has 4 rings (SSSR count). The van der Waals surface area contributed by atoms with Gasteiger partial charge in [-0.25, -0.2) is 19.2 Å². The minimum Gasteiger partial charge on any atom is -0.467 e. The maximum Gasteiger partial charge on any atom is 0.341 e. The number of anilines is 1.